The van der Waals surface area contributed by atoms with Crippen LogP contribution in [0.2, 0.25) is 0 Å². The van der Waals surface area contributed by atoms with Gasteiger partial charge in [0.15, 0.2) is 5.54 Å². The minimum atomic E-state index is -4.80. The van der Waals surface area contributed by atoms with E-state index in [0.29, 0.717) is 19.0 Å². The quantitative estimate of drug-likeness (QED) is 0.822. The van der Waals surface area contributed by atoms with Gasteiger partial charge in [-0.3, -0.25) is 0 Å². The van der Waals surface area contributed by atoms with Crippen molar-refractivity contribution in [3.8, 4) is 0 Å². The Balaban J connectivity index is 1.98. The van der Waals surface area contributed by atoms with E-state index in [9.17, 15) is 17.6 Å². The molecule has 2 aromatic rings. The Labute approximate surface area is 141 Å². The molecule has 1 aliphatic heterocycles. The van der Waals surface area contributed by atoms with E-state index < -0.39 is 17.5 Å². The molecule has 0 bridgehead atoms. The minimum Gasteiger partial charge on any atom is -0.338 e. The molecule has 3 N–H and O–H groups in total. The molecule has 0 spiro atoms. The predicted molar refractivity (Wildman–Crippen MR) is 84.5 cm³/mol. The molecule has 134 valence electrons. The molecule has 0 aliphatic carbocycles. The largest absolute Gasteiger partial charge is 0.414 e. The summed E-state index contributed by atoms with van der Waals surface area (Å²) in [6.07, 6.45) is -2.63. The summed E-state index contributed by atoms with van der Waals surface area (Å²) >= 11 is 0. The molecule has 0 radical (unpaired) electrons. The second kappa shape index (κ2) is 6.57. The zero-order chi connectivity index (χ0) is 18.1. The smallest absolute Gasteiger partial charge is 0.338 e. The predicted octanol–water partition coefficient (Wildman–Crippen LogP) is 1.79. The standard InChI is InChI=1S/C16H17F4N5/c17-13-3-1-11(2-4-13)15(21,16(18,19)20)12-9-23-14(24-10-12)25-7-5-22-6-8-25/h1-4,9-10,22H,5-8,21H2/t15-/m0/s1. The van der Waals surface area contributed by atoms with Gasteiger partial charge in [-0.25, -0.2) is 14.4 Å². The number of benzene rings is 1. The van der Waals surface area contributed by atoms with E-state index in [0.717, 1.165) is 49.7 Å². The van der Waals surface area contributed by atoms with Crippen LogP contribution in [0, 0.1) is 5.82 Å². The van der Waals surface area contributed by atoms with Crippen molar-refractivity contribution in [3.63, 3.8) is 0 Å². The fraction of sp³-hybridized carbons (Fsp3) is 0.375. The van der Waals surface area contributed by atoms with E-state index in [1.807, 2.05) is 4.90 Å². The van der Waals surface area contributed by atoms with Crippen LogP contribution >= 0.6 is 0 Å². The topological polar surface area (TPSA) is 67.1 Å². The van der Waals surface area contributed by atoms with Crippen LogP contribution in [0.3, 0.4) is 0 Å². The van der Waals surface area contributed by atoms with E-state index in [1.54, 1.807) is 0 Å². The van der Waals surface area contributed by atoms with Crippen LogP contribution in [-0.4, -0.2) is 42.3 Å². The van der Waals surface area contributed by atoms with Crippen molar-refractivity contribution in [1.29, 1.82) is 0 Å². The highest BCUT2D eigenvalue weighted by Crippen LogP contribution is 2.41. The summed E-state index contributed by atoms with van der Waals surface area (Å²) in [4.78, 5) is 9.99. The second-order valence-corrected chi connectivity index (χ2v) is 5.82. The maximum Gasteiger partial charge on any atom is 0.414 e. The van der Waals surface area contributed by atoms with Crippen molar-refractivity contribution in [2.45, 2.75) is 11.7 Å². The number of nitrogens with one attached hydrogen (secondary N) is 1. The van der Waals surface area contributed by atoms with Gasteiger partial charge in [0.1, 0.15) is 5.82 Å². The fourth-order valence-corrected chi connectivity index (χ4v) is 2.76. The summed E-state index contributed by atoms with van der Waals surface area (Å²) in [5.41, 5.74) is 2.35. The highest BCUT2D eigenvalue weighted by Gasteiger charge is 2.55. The monoisotopic (exact) mass is 355 g/mol. The Morgan fingerprint density at radius 1 is 0.960 bits per heavy atom. The SMILES string of the molecule is N[C@@](c1ccc(F)cc1)(c1cnc(N2CCNCC2)nc1)C(F)(F)F. The van der Waals surface area contributed by atoms with Crippen LogP contribution in [0.25, 0.3) is 0 Å². The second-order valence-electron chi connectivity index (χ2n) is 5.82. The van der Waals surface area contributed by atoms with Crippen molar-refractivity contribution in [2.24, 2.45) is 5.73 Å². The van der Waals surface area contributed by atoms with Gasteiger partial charge in [-0.1, -0.05) is 12.1 Å². The van der Waals surface area contributed by atoms with Gasteiger partial charge >= 0.3 is 6.18 Å². The number of nitrogens with zero attached hydrogens (tertiary/aromatic N) is 3. The number of nitrogens with two attached hydrogens (primary N) is 1. The molecule has 25 heavy (non-hydrogen) atoms. The molecule has 1 aliphatic rings. The normalized spacial score (nSPS) is 18.0. The number of alkyl halides is 3. The maximum absolute atomic E-state index is 13.7. The van der Waals surface area contributed by atoms with Crippen LogP contribution in [0.1, 0.15) is 11.1 Å². The maximum atomic E-state index is 13.7. The third-order valence-electron chi connectivity index (χ3n) is 4.24. The first-order valence-electron chi connectivity index (χ1n) is 7.72. The van der Waals surface area contributed by atoms with Gasteiger partial charge in [0.25, 0.3) is 0 Å². The van der Waals surface area contributed by atoms with Gasteiger partial charge in [0.05, 0.1) is 0 Å². The van der Waals surface area contributed by atoms with Crippen LogP contribution in [0.5, 0.6) is 0 Å². The van der Waals surface area contributed by atoms with E-state index in [-0.39, 0.29) is 11.1 Å². The number of rotatable bonds is 3. The Morgan fingerprint density at radius 2 is 1.52 bits per heavy atom. The molecule has 0 amide bonds. The number of piperazine rings is 1. The molecule has 0 saturated carbocycles. The van der Waals surface area contributed by atoms with Crippen molar-refractivity contribution >= 4 is 5.95 Å². The van der Waals surface area contributed by atoms with Crippen molar-refractivity contribution in [1.82, 2.24) is 15.3 Å². The first kappa shape index (κ1) is 17.6. The average molecular weight is 355 g/mol. The number of hydrogen-bond acceptors (Lipinski definition) is 5. The summed E-state index contributed by atoms with van der Waals surface area (Å²) in [5.74, 6) is -0.285. The first-order chi connectivity index (χ1) is 11.8. The average Bonchev–Trinajstić information content (AvgIpc) is 2.61. The van der Waals surface area contributed by atoms with Crippen molar-refractivity contribution < 1.29 is 17.6 Å². The summed E-state index contributed by atoms with van der Waals surface area (Å²) in [7, 11) is 0. The van der Waals surface area contributed by atoms with Gasteiger partial charge in [0.2, 0.25) is 5.95 Å². The Kier molecular flexibility index (Phi) is 4.61. The highest BCUT2D eigenvalue weighted by molar-refractivity contribution is 5.40. The summed E-state index contributed by atoms with van der Waals surface area (Å²) in [5, 5.41) is 3.17. The zero-order valence-electron chi connectivity index (χ0n) is 13.2. The Bertz CT molecular complexity index is 711. The van der Waals surface area contributed by atoms with Crippen LogP contribution in [-0.2, 0) is 5.54 Å². The number of aromatic nitrogens is 2. The molecular weight excluding hydrogens is 338 g/mol. The lowest BCUT2D eigenvalue weighted by molar-refractivity contribution is -0.177. The van der Waals surface area contributed by atoms with E-state index >= 15 is 0 Å². The molecule has 1 fully saturated rings. The molecule has 3 rings (SSSR count). The van der Waals surface area contributed by atoms with Gasteiger partial charge in [0, 0.05) is 44.1 Å². The third kappa shape index (κ3) is 3.29. The first-order valence-corrected chi connectivity index (χ1v) is 7.72. The molecule has 1 aromatic heterocycles. The Hall–Kier alpha value is -2.26. The molecule has 1 aromatic carbocycles. The van der Waals surface area contributed by atoms with Crippen molar-refractivity contribution in [3.05, 3.63) is 53.6 Å². The molecule has 9 heteroatoms. The number of anilines is 1. The molecule has 1 atom stereocenters. The van der Waals surface area contributed by atoms with Crippen molar-refractivity contribution in [2.75, 3.05) is 31.1 Å². The lowest BCUT2D eigenvalue weighted by atomic mass is 9.84. The zero-order valence-corrected chi connectivity index (χ0v) is 13.2. The Morgan fingerprint density at radius 3 is 2.04 bits per heavy atom. The molecule has 0 unspecified atom stereocenters. The molecule has 1 saturated heterocycles. The van der Waals surface area contributed by atoms with Crippen LogP contribution in [0.15, 0.2) is 36.7 Å². The van der Waals surface area contributed by atoms with E-state index in [2.05, 4.69) is 15.3 Å². The van der Waals surface area contributed by atoms with Crippen LogP contribution < -0.4 is 16.0 Å². The fourth-order valence-electron chi connectivity index (χ4n) is 2.76. The van der Waals surface area contributed by atoms with Crippen LogP contribution in [0.4, 0.5) is 23.5 Å². The van der Waals surface area contributed by atoms with E-state index in [1.165, 1.54) is 0 Å². The summed E-state index contributed by atoms with van der Waals surface area (Å²) < 4.78 is 54.3. The highest BCUT2D eigenvalue weighted by atomic mass is 19.4. The van der Waals surface area contributed by atoms with Gasteiger partial charge in [-0.2, -0.15) is 13.2 Å². The molecule has 2 heterocycles. The number of hydrogen-bond donors (Lipinski definition) is 2. The molecule has 5 nitrogen and oxygen atoms in total. The van der Waals surface area contributed by atoms with E-state index in [4.69, 9.17) is 5.73 Å². The van der Waals surface area contributed by atoms with Gasteiger partial charge in [-0.05, 0) is 17.7 Å². The third-order valence-corrected chi connectivity index (χ3v) is 4.24. The summed E-state index contributed by atoms with van der Waals surface area (Å²) in [6.45, 7) is 2.85. The van der Waals surface area contributed by atoms with Gasteiger partial charge in [-0.15, -0.1) is 0 Å². The summed E-state index contributed by atoms with van der Waals surface area (Å²) in [6, 6.07) is 3.93. The lowest BCUT2D eigenvalue weighted by Crippen LogP contribution is -2.51. The van der Waals surface area contributed by atoms with Gasteiger partial charge < -0.3 is 16.0 Å². The number of halogens is 4. The lowest BCUT2D eigenvalue weighted by Gasteiger charge is -2.33. The molecular formula is C16H17F4N5. The minimum absolute atomic E-state index is 0.278.